The second-order valence-corrected chi connectivity index (χ2v) is 5.76. The van der Waals surface area contributed by atoms with Crippen LogP contribution in [-0.4, -0.2) is 27.6 Å². The summed E-state index contributed by atoms with van der Waals surface area (Å²) in [5.41, 5.74) is 0. The zero-order chi connectivity index (χ0) is 13.8. The van der Waals surface area contributed by atoms with Crippen LogP contribution in [0.5, 0.6) is 6.01 Å². The van der Waals surface area contributed by atoms with Crippen LogP contribution >= 0.6 is 11.6 Å². The van der Waals surface area contributed by atoms with Crippen LogP contribution in [0, 0.1) is 11.8 Å². The Labute approximate surface area is 119 Å². The number of ether oxygens (including phenoxy) is 1. The molecule has 1 saturated carbocycles. The first kappa shape index (κ1) is 14.3. The molecule has 0 aromatic carbocycles. The molecule has 2 atom stereocenters. The lowest BCUT2D eigenvalue weighted by Crippen LogP contribution is -2.18. The van der Waals surface area contributed by atoms with E-state index in [-0.39, 0.29) is 17.4 Å². The van der Waals surface area contributed by atoms with E-state index in [1.807, 2.05) is 13.8 Å². The number of nitrogens with one attached hydrogen (secondary N) is 1. The summed E-state index contributed by atoms with van der Waals surface area (Å²) in [6, 6.07) is 0.275. The van der Waals surface area contributed by atoms with E-state index in [4.69, 9.17) is 16.3 Å². The van der Waals surface area contributed by atoms with Crippen molar-refractivity contribution < 1.29 is 4.74 Å². The molecule has 0 radical (unpaired) electrons. The number of rotatable bonds is 5. The first-order chi connectivity index (χ1) is 9.04. The zero-order valence-electron chi connectivity index (χ0n) is 11.7. The Kier molecular flexibility index (Phi) is 4.80. The molecule has 0 saturated heterocycles. The van der Waals surface area contributed by atoms with Gasteiger partial charge in [0, 0.05) is 6.54 Å². The summed E-state index contributed by atoms with van der Waals surface area (Å²) in [6.07, 6.45) is 3.91. The number of halogens is 1. The maximum absolute atomic E-state index is 5.88. The van der Waals surface area contributed by atoms with E-state index in [1.54, 1.807) is 0 Å². The number of nitrogens with zero attached hydrogens (tertiary/aromatic N) is 3. The maximum atomic E-state index is 5.88. The fourth-order valence-corrected chi connectivity index (χ4v) is 2.57. The lowest BCUT2D eigenvalue weighted by atomic mass is 9.98. The fourth-order valence-electron chi connectivity index (χ4n) is 2.42. The Bertz CT molecular complexity index is 427. The topological polar surface area (TPSA) is 59.9 Å². The van der Waals surface area contributed by atoms with Crippen molar-refractivity contribution in [2.75, 3.05) is 11.9 Å². The summed E-state index contributed by atoms with van der Waals surface area (Å²) >= 11 is 5.88. The second-order valence-electron chi connectivity index (χ2n) is 5.43. The van der Waals surface area contributed by atoms with E-state index >= 15 is 0 Å². The van der Waals surface area contributed by atoms with Crippen molar-refractivity contribution in [1.82, 2.24) is 15.0 Å². The second kappa shape index (κ2) is 6.37. The van der Waals surface area contributed by atoms with Crippen LogP contribution in [0.15, 0.2) is 0 Å². The van der Waals surface area contributed by atoms with Crippen LogP contribution in [-0.2, 0) is 0 Å². The average molecular weight is 285 g/mol. The van der Waals surface area contributed by atoms with Gasteiger partial charge in [-0.25, -0.2) is 0 Å². The SMILES string of the molecule is CC(C)Oc1nc(Cl)nc(NCC2CCCC2C)n1. The molecule has 1 aromatic heterocycles. The van der Waals surface area contributed by atoms with Crippen molar-refractivity contribution in [2.24, 2.45) is 11.8 Å². The van der Waals surface area contributed by atoms with E-state index in [9.17, 15) is 0 Å². The first-order valence-corrected chi connectivity index (χ1v) is 7.24. The molecule has 19 heavy (non-hydrogen) atoms. The zero-order valence-corrected chi connectivity index (χ0v) is 12.4. The van der Waals surface area contributed by atoms with Crippen LogP contribution in [0.2, 0.25) is 5.28 Å². The molecule has 5 nitrogen and oxygen atoms in total. The molecule has 0 spiro atoms. The molecule has 0 aliphatic heterocycles. The van der Waals surface area contributed by atoms with E-state index in [0.29, 0.717) is 11.9 Å². The van der Waals surface area contributed by atoms with E-state index in [1.165, 1.54) is 19.3 Å². The molecule has 106 valence electrons. The first-order valence-electron chi connectivity index (χ1n) is 6.86. The molecule has 0 amide bonds. The van der Waals surface area contributed by atoms with Gasteiger partial charge in [-0.1, -0.05) is 19.8 Å². The third kappa shape index (κ3) is 4.20. The van der Waals surface area contributed by atoms with E-state index in [0.717, 1.165) is 12.5 Å². The van der Waals surface area contributed by atoms with E-state index < -0.39 is 0 Å². The third-order valence-electron chi connectivity index (χ3n) is 3.49. The molecule has 1 fully saturated rings. The molecular formula is C13H21ClN4O. The van der Waals surface area contributed by atoms with Gasteiger partial charge in [-0.2, -0.15) is 15.0 Å². The Balaban J connectivity index is 1.97. The minimum atomic E-state index is 0.0150. The number of hydrogen-bond donors (Lipinski definition) is 1. The lowest BCUT2D eigenvalue weighted by Gasteiger charge is -2.16. The Morgan fingerprint density at radius 2 is 2.11 bits per heavy atom. The van der Waals surface area contributed by atoms with Gasteiger partial charge in [-0.15, -0.1) is 0 Å². The molecule has 0 bridgehead atoms. The summed E-state index contributed by atoms with van der Waals surface area (Å²) in [5.74, 6) is 1.94. The molecular weight excluding hydrogens is 264 g/mol. The highest BCUT2D eigenvalue weighted by atomic mass is 35.5. The van der Waals surface area contributed by atoms with Crippen molar-refractivity contribution in [3.05, 3.63) is 5.28 Å². The van der Waals surface area contributed by atoms with Crippen LogP contribution in [0.3, 0.4) is 0 Å². The fraction of sp³-hybridized carbons (Fsp3) is 0.769. The Morgan fingerprint density at radius 3 is 2.74 bits per heavy atom. The van der Waals surface area contributed by atoms with Crippen molar-refractivity contribution >= 4 is 17.5 Å². The van der Waals surface area contributed by atoms with Gasteiger partial charge in [0.2, 0.25) is 11.2 Å². The summed E-state index contributed by atoms with van der Waals surface area (Å²) in [4.78, 5) is 12.2. The van der Waals surface area contributed by atoms with Gasteiger partial charge in [-0.3, -0.25) is 0 Å². The normalized spacial score (nSPS) is 22.8. The summed E-state index contributed by atoms with van der Waals surface area (Å²) in [7, 11) is 0. The molecule has 1 aliphatic carbocycles. The number of anilines is 1. The predicted octanol–water partition coefficient (Wildman–Crippen LogP) is 3.16. The van der Waals surface area contributed by atoms with Crippen LogP contribution in [0.1, 0.15) is 40.0 Å². The highest BCUT2D eigenvalue weighted by Crippen LogP contribution is 2.31. The molecule has 1 aromatic rings. The van der Waals surface area contributed by atoms with Gasteiger partial charge in [0.15, 0.2) is 0 Å². The minimum Gasteiger partial charge on any atom is -0.461 e. The van der Waals surface area contributed by atoms with Gasteiger partial charge >= 0.3 is 6.01 Å². The molecule has 2 unspecified atom stereocenters. The number of aromatic nitrogens is 3. The van der Waals surface area contributed by atoms with Crippen LogP contribution < -0.4 is 10.1 Å². The van der Waals surface area contributed by atoms with Crippen molar-refractivity contribution in [1.29, 1.82) is 0 Å². The summed E-state index contributed by atoms with van der Waals surface area (Å²) < 4.78 is 5.44. The average Bonchev–Trinajstić information content (AvgIpc) is 2.70. The van der Waals surface area contributed by atoms with Crippen molar-refractivity contribution in [2.45, 2.75) is 46.1 Å². The van der Waals surface area contributed by atoms with Crippen LogP contribution in [0.4, 0.5) is 5.95 Å². The van der Waals surface area contributed by atoms with Gasteiger partial charge in [0.25, 0.3) is 0 Å². The van der Waals surface area contributed by atoms with Gasteiger partial charge in [0.1, 0.15) is 0 Å². The largest absolute Gasteiger partial charge is 0.461 e. The summed E-state index contributed by atoms with van der Waals surface area (Å²) in [6.45, 7) is 7.02. The smallest absolute Gasteiger partial charge is 0.322 e. The minimum absolute atomic E-state index is 0.0150. The number of hydrogen-bond acceptors (Lipinski definition) is 5. The predicted molar refractivity (Wildman–Crippen MR) is 75.6 cm³/mol. The molecule has 6 heteroatoms. The van der Waals surface area contributed by atoms with E-state index in [2.05, 4.69) is 27.2 Å². The van der Waals surface area contributed by atoms with Crippen molar-refractivity contribution in [3.8, 4) is 6.01 Å². The molecule has 1 heterocycles. The molecule has 1 aliphatic rings. The van der Waals surface area contributed by atoms with Gasteiger partial charge < -0.3 is 10.1 Å². The summed E-state index contributed by atoms with van der Waals surface area (Å²) in [5, 5.41) is 3.40. The highest BCUT2D eigenvalue weighted by molar-refractivity contribution is 6.28. The maximum Gasteiger partial charge on any atom is 0.322 e. The quantitative estimate of drug-likeness (QED) is 0.900. The Hall–Kier alpha value is -1.10. The third-order valence-corrected chi connectivity index (χ3v) is 3.66. The van der Waals surface area contributed by atoms with Gasteiger partial charge in [0.05, 0.1) is 6.10 Å². The van der Waals surface area contributed by atoms with Crippen molar-refractivity contribution in [3.63, 3.8) is 0 Å². The Morgan fingerprint density at radius 1 is 1.32 bits per heavy atom. The molecule has 2 rings (SSSR count). The standard InChI is InChI=1S/C13H21ClN4O/c1-8(2)19-13-17-11(14)16-12(18-13)15-7-10-6-4-5-9(10)3/h8-10H,4-7H2,1-3H3,(H,15,16,17,18). The van der Waals surface area contributed by atoms with Crippen LogP contribution in [0.25, 0.3) is 0 Å². The molecule has 1 N–H and O–H groups in total. The lowest BCUT2D eigenvalue weighted by molar-refractivity contribution is 0.222. The monoisotopic (exact) mass is 284 g/mol. The van der Waals surface area contributed by atoms with Gasteiger partial charge in [-0.05, 0) is 43.7 Å². The highest BCUT2D eigenvalue weighted by Gasteiger charge is 2.23.